The van der Waals surface area contributed by atoms with Crippen molar-refractivity contribution in [2.75, 3.05) is 0 Å². The largest absolute Gasteiger partial charge is 0.153 e. The highest BCUT2D eigenvalue weighted by Gasteiger charge is 1.93. The van der Waals surface area contributed by atoms with Crippen LogP contribution in [0.1, 0.15) is 11.1 Å². The molecule has 2 rings (SSSR count). The van der Waals surface area contributed by atoms with Crippen LogP contribution in [0.4, 0.5) is 0 Å². The van der Waals surface area contributed by atoms with Gasteiger partial charge >= 0.3 is 0 Å². The van der Waals surface area contributed by atoms with E-state index in [-0.39, 0.29) is 9.90 Å². The van der Waals surface area contributed by atoms with Crippen LogP contribution in [0.5, 0.6) is 0 Å². The van der Waals surface area contributed by atoms with Crippen LogP contribution >= 0.6 is 19.1 Å². The predicted molar refractivity (Wildman–Crippen MR) is 81.6 cm³/mol. The average molecular weight is 246 g/mol. The summed E-state index contributed by atoms with van der Waals surface area (Å²) in [5.74, 6) is 0. The van der Waals surface area contributed by atoms with E-state index in [0.717, 1.165) is 0 Å². The molecule has 0 saturated carbocycles. The highest BCUT2D eigenvalue weighted by atomic mass is 31.0. The van der Waals surface area contributed by atoms with Gasteiger partial charge < -0.3 is 0 Å². The maximum Gasteiger partial charge on any atom is -0.0185 e. The zero-order valence-electron chi connectivity index (χ0n) is 9.14. The second kappa shape index (κ2) is 6.59. The molecule has 0 spiro atoms. The number of hydrogen-bond acceptors (Lipinski definition) is 0. The molecule has 82 valence electrons. The molecule has 0 fully saturated rings. The van der Waals surface area contributed by atoms with Gasteiger partial charge in [-0.25, -0.2) is 0 Å². The Labute approximate surface area is 103 Å². The molecular weight excluding hydrogens is 230 g/mol. The van der Waals surface area contributed by atoms with Crippen molar-refractivity contribution in [3.8, 4) is 0 Å². The minimum absolute atomic E-state index is 0. The fourth-order valence-electron chi connectivity index (χ4n) is 1.44. The summed E-state index contributed by atoms with van der Waals surface area (Å²) in [6.07, 6.45) is 2.17. The Morgan fingerprint density at radius 2 is 1.31 bits per heavy atom. The van der Waals surface area contributed by atoms with E-state index in [4.69, 9.17) is 0 Å². The van der Waals surface area contributed by atoms with E-state index in [1.807, 2.05) is 12.1 Å². The van der Waals surface area contributed by atoms with Crippen LogP contribution in [0, 0.1) is 0 Å². The molecule has 0 aliphatic rings. The molecule has 2 aromatic rings. The molecule has 0 heterocycles. The van der Waals surface area contributed by atoms with Gasteiger partial charge in [0.15, 0.2) is 0 Å². The lowest BCUT2D eigenvalue weighted by molar-refractivity contribution is 1.64. The molecule has 0 aliphatic heterocycles. The molecule has 0 bridgehead atoms. The van der Waals surface area contributed by atoms with Gasteiger partial charge in [0, 0.05) is 0 Å². The van der Waals surface area contributed by atoms with Gasteiger partial charge in [0.2, 0.25) is 0 Å². The van der Waals surface area contributed by atoms with Gasteiger partial charge in [0.05, 0.1) is 0 Å². The third-order valence-electron chi connectivity index (χ3n) is 2.23. The Kier molecular flexibility index (Phi) is 5.39. The van der Waals surface area contributed by atoms with Crippen LogP contribution < -0.4 is 0 Å². The van der Waals surface area contributed by atoms with Crippen molar-refractivity contribution in [2.24, 2.45) is 0 Å². The van der Waals surface area contributed by atoms with Gasteiger partial charge in [-0.05, 0) is 22.5 Å². The van der Waals surface area contributed by atoms with Crippen molar-refractivity contribution >= 4 is 30.5 Å². The normalized spacial score (nSPS) is 10.7. The Balaban J connectivity index is 0.00000128. The van der Waals surface area contributed by atoms with Crippen LogP contribution in [0.15, 0.2) is 60.7 Å². The third kappa shape index (κ3) is 3.56. The highest BCUT2D eigenvalue weighted by Crippen LogP contribution is 2.23. The van der Waals surface area contributed by atoms with E-state index >= 15 is 0 Å². The van der Waals surface area contributed by atoms with E-state index < -0.39 is 0 Å². The van der Waals surface area contributed by atoms with Crippen LogP contribution in [0.3, 0.4) is 0 Å². The Morgan fingerprint density at radius 3 is 1.88 bits per heavy atom. The lowest BCUT2D eigenvalue weighted by Crippen LogP contribution is -1.75. The average Bonchev–Trinajstić information content (AvgIpc) is 2.31. The fourth-order valence-corrected chi connectivity index (χ4v) is 1.83. The maximum absolute atomic E-state index is 2.78. The molecule has 0 aliphatic carbocycles. The van der Waals surface area contributed by atoms with Gasteiger partial charge in [-0.1, -0.05) is 60.7 Å². The Hall–Kier alpha value is -0.960. The molecule has 2 aromatic carbocycles. The van der Waals surface area contributed by atoms with Crippen molar-refractivity contribution in [1.29, 1.82) is 0 Å². The zero-order chi connectivity index (χ0) is 10.5. The van der Waals surface area contributed by atoms with Gasteiger partial charge in [-0.2, -0.15) is 9.90 Å². The summed E-state index contributed by atoms with van der Waals surface area (Å²) < 4.78 is 0. The Bertz CT molecular complexity index is 447. The van der Waals surface area contributed by atoms with Gasteiger partial charge in [0.1, 0.15) is 0 Å². The number of hydrogen-bond donors (Lipinski definition) is 0. The second-order valence-corrected chi connectivity index (χ2v) is 4.00. The maximum atomic E-state index is 2.78. The summed E-state index contributed by atoms with van der Waals surface area (Å²) in [4.78, 5) is 0. The molecule has 0 aromatic heterocycles. The molecular formula is C14H16P2. The Morgan fingerprint density at radius 1 is 0.812 bits per heavy atom. The first-order valence-corrected chi connectivity index (χ1v) is 5.51. The lowest BCUT2D eigenvalue weighted by Gasteiger charge is -2.00. The quantitative estimate of drug-likeness (QED) is 0.552. The van der Waals surface area contributed by atoms with Crippen LogP contribution in [-0.4, -0.2) is 0 Å². The van der Waals surface area contributed by atoms with Crippen molar-refractivity contribution < 1.29 is 0 Å². The first-order valence-electron chi connectivity index (χ1n) is 4.94. The summed E-state index contributed by atoms with van der Waals surface area (Å²) >= 11 is 0. The zero-order valence-corrected chi connectivity index (χ0v) is 11.7. The molecule has 0 N–H and O–H groups in total. The number of rotatable bonds is 2. The monoisotopic (exact) mass is 246 g/mol. The summed E-state index contributed by atoms with van der Waals surface area (Å²) in [5.41, 5.74) is 2.47. The standard InChI is InChI=1S/C14H13P.H3P/c15-14(13-9-5-2-6-10-13)11-12-7-3-1-4-8-12;/h1-11H,15H2;1H3/b14-11-;. The smallest absolute Gasteiger partial charge is 0.0185 e. The van der Waals surface area contributed by atoms with Gasteiger partial charge in [-0.3, -0.25) is 0 Å². The summed E-state index contributed by atoms with van der Waals surface area (Å²) in [5, 5.41) is 1.21. The minimum Gasteiger partial charge on any atom is -0.153 e. The summed E-state index contributed by atoms with van der Waals surface area (Å²) in [6, 6.07) is 20.7. The molecule has 16 heavy (non-hydrogen) atoms. The molecule has 2 heteroatoms. The van der Waals surface area contributed by atoms with Gasteiger partial charge in [0.25, 0.3) is 0 Å². The highest BCUT2D eigenvalue weighted by molar-refractivity contribution is 7.32. The number of benzene rings is 2. The summed E-state index contributed by atoms with van der Waals surface area (Å²) in [6.45, 7) is 0. The van der Waals surface area contributed by atoms with E-state index in [9.17, 15) is 0 Å². The first kappa shape index (κ1) is 13.1. The van der Waals surface area contributed by atoms with Crippen LogP contribution in [-0.2, 0) is 0 Å². The molecule has 2 unspecified atom stereocenters. The van der Waals surface area contributed by atoms with Crippen molar-refractivity contribution in [2.45, 2.75) is 0 Å². The molecule has 0 nitrogen and oxygen atoms in total. The van der Waals surface area contributed by atoms with Crippen molar-refractivity contribution in [3.63, 3.8) is 0 Å². The third-order valence-corrected chi connectivity index (χ3v) is 2.73. The predicted octanol–water partition coefficient (Wildman–Crippen LogP) is 4.12. The van der Waals surface area contributed by atoms with Crippen LogP contribution in [0.2, 0.25) is 0 Å². The summed E-state index contributed by atoms with van der Waals surface area (Å²) in [7, 11) is 2.78. The topological polar surface area (TPSA) is 0 Å². The van der Waals surface area contributed by atoms with E-state index in [2.05, 4.69) is 63.8 Å². The van der Waals surface area contributed by atoms with E-state index in [0.29, 0.717) is 0 Å². The van der Waals surface area contributed by atoms with E-state index in [1.54, 1.807) is 0 Å². The first-order chi connectivity index (χ1) is 7.36. The van der Waals surface area contributed by atoms with Gasteiger partial charge in [-0.15, -0.1) is 9.24 Å². The molecule has 0 saturated heterocycles. The van der Waals surface area contributed by atoms with Crippen LogP contribution in [0.25, 0.3) is 11.4 Å². The fraction of sp³-hybridized carbons (Fsp3) is 0. The van der Waals surface area contributed by atoms with Crippen molar-refractivity contribution in [3.05, 3.63) is 71.8 Å². The lowest BCUT2D eigenvalue weighted by atomic mass is 10.1. The molecule has 0 radical (unpaired) electrons. The minimum atomic E-state index is 0. The van der Waals surface area contributed by atoms with Crippen molar-refractivity contribution in [1.82, 2.24) is 0 Å². The molecule has 0 amide bonds. The second-order valence-electron chi connectivity index (χ2n) is 3.38. The molecule has 2 atom stereocenters. The van der Waals surface area contributed by atoms with E-state index in [1.165, 1.54) is 16.4 Å². The SMILES string of the molecule is P.P/C(=C\c1ccccc1)c1ccccc1.